The Hall–Kier alpha value is -3.02. The van der Waals surface area contributed by atoms with E-state index in [2.05, 4.69) is 27.9 Å². The number of aliphatic imine (C=N–C) groups is 1. The molecule has 10 nitrogen and oxygen atoms in total. The number of ether oxygens (including phenoxy) is 2. The van der Waals surface area contributed by atoms with Crippen LogP contribution in [0.25, 0.3) is 11.1 Å². The van der Waals surface area contributed by atoms with Gasteiger partial charge >= 0.3 is 0 Å². The molecule has 3 N–H and O–H groups in total. The van der Waals surface area contributed by atoms with Crippen LogP contribution in [0.15, 0.2) is 23.3 Å². The molecule has 3 heterocycles. The first-order valence-corrected chi connectivity index (χ1v) is 12.7. The summed E-state index contributed by atoms with van der Waals surface area (Å²) >= 11 is 0. The smallest absolute Gasteiger partial charge is 0.261 e. The van der Waals surface area contributed by atoms with E-state index in [4.69, 9.17) is 19.8 Å². The Morgan fingerprint density at radius 2 is 2.06 bits per heavy atom. The third-order valence-corrected chi connectivity index (χ3v) is 5.55. The molecule has 0 radical (unpaired) electrons. The van der Waals surface area contributed by atoms with Crippen molar-refractivity contribution in [2.45, 2.75) is 32.2 Å². The summed E-state index contributed by atoms with van der Waals surface area (Å²) in [7, 11) is 0.317. The Bertz CT molecular complexity index is 1200. The van der Waals surface area contributed by atoms with Crippen LogP contribution in [0.1, 0.15) is 34.8 Å². The van der Waals surface area contributed by atoms with Crippen molar-refractivity contribution in [1.82, 2.24) is 9.88 Å². The highest BCUT2D eigenvalue weighted by molar-refractivity contribution is 7.85. The molecule has 0 spiro atoms. The molecule has 0 saturated carbocycles. The molecule has 1 amide bonds. The Balaban J connectivity index is 0.000000588. The number of carbonyl (C=O) groups is 1. The minimum Gasteiger partial charge on any atom is -0.491 e. The van der Waals surface area contributed by atoms with Gasteiger partial charge in [-0.05, 0) is 46.0 Å². The second-order valence-electron chi connectivity index (χ2n) is 8.50. The maximum Gasteiger partial charge on any atom is 0.261 e. The molecular weight excluding hydrogens is 460 g/mol. The average molecular weight is 491 g/mol. The lowest BCUT2D eigenvalue weighted by molar-refractivity contribution is 0.0993. The van der Waals surface area contributed by atoms with Crippen molar-refractivity contribution in [3.05, 3.63) is 35.0 Å². The van der Waals surface area contributed by atoms with E-state index in [0.717, 1.165) is 40.8 Å². The topological polar surface area (TPSA) is 144 Å². The van der Waals surface area contributed by atoms with Crippen molar-refractivity contribution in [1.29, 1.82) is 0 Å². The summed E-state index contributed by atoms with van der Waals surface area (Å²) in [5, 5.41) is 0. The number of amides is 1. The lowest BCUT2D eigenvalue weighted by Gasteiger charge is -2.22. The van der Waals surface area contributed by atoms with E-state index in [1.807, 2.05) is 26.4 Å². The number of pyridine rings is 1. The largest absolute Gasteiger partial charge is 0.491 e. The second kappa shape index (κ2) is 10.5. The second-order valence-corrected chi connectivity index (χ2v) is 9.97. The van der Waals surface area contributed by atoms with E-state index in [1.165, 1.54) is 0 Å². The number of hydrogen-bond donors (Lipinski definition) is 2. The fraction of sp³-hybridized carbons (Fsp3) is 0.435. The molecule has 0 fully saturated rings. The van der Waals surface area contributed by atoms with Gasteiger partial charge in [0.05, 0.1) is 24.1 Å². The van der Waals surface area contributed by atoms with Gasteiger partial charge in [0.15, 0.2) is 0 Å². The summed E-state index contributed by atoms with van der Waals surface area (Å²) in [5.41, 5.74) is 10.6. The summed E-state index contributed by atoms with van der Waals surface area (Å²) in [6.45, 7) is 3.21. The van der Waals surface area contributed by atoms with Crippen LogP contribution in [0, 0.1) is 0 Å². The number of nitrogens with zero attached hydrogens (tertiary/aromatic N) is 3. The predicted octanol–water partition coefficient (Wildman–Crippen LogP) is 2.26. The molecule has 2 aliphatic rings. The molecule has 0 unspecified atom stereocenters. The molecule has 2 aliphatic heterocycles. The molecule has 0 saturated heterocycles. The van der Waals surface area contributed by atoms with Gasteiger partial charge in [0.2, 0.25) is 5.88 Å². The summed E-state index contributed by atoms with van der Waals surface area (Å²) in [4.78, 5) is 23.3. The van der Waals surface area contributed by atoms with Crippen molar-refractivity contribution in [2.75, 3.05) is 33.6 Å². The summed E-state index contributed by atoms with van der Waals surface area (Å²) in [6, 6.07) is 4.16. The Morgan fingerprint density at radius 1 is 1.35 bits per heavy atom. The maximum absolute atomic E-state index is 12.2. The van der Waals surface area contributed by atoms with Crippen molar-refractivity contribution >= 4 is 27.9 Å². The normalized spacial score (nSPS) is 15.0. The van der Waals surface area contributed by atoms with Crippen molar-refractivity contribution in [3.63, 3.8) is 0 Å². The number of likely N-dealkylation sites (N-methyl/N-ethyl adjacent to an activating group) is 1. The van der Waals surface area contributed by atoms with E-state index < -0.39 is 16.0 Å². The SMILES string of the molecule is CS(=O)(=O)O.C[C@H](COc1cc(-c2cnc3c(c2)CCCO3)c2c(c1C(N)=O)CC=N2)N(C)C. The molecule has 1 aromatic heterocycles. The van der Waals surface area contributed by atoms with Crippen LogP contribution in [-0.2, 0) is 23.0 Å². The number of rotatable bonds is 6. The molecule has 1 aromatic carbocycles. The summed E-state index contributed by atoms with van der Waals surface area (Å²) in [6.07, 6.45) is 6.79. The number of hydrogen-bond acceptors (Lipinski definition) is 8. The van der Waals surface area contributed by atoms with Crippen LogP contribution in [0.3, 0.4) is 0 Å². The fourth-order valence-corrected chi connectivity index (χ4v) is 3.62. The maximum atomic E-state index is 12.2. The molecule has 34 heavy (non-hydrogen) atoms. The number of aromatic nitrogens is 1. The number of primary amides is 1. The third kappa shape index (κ3) is 6.31. The zero-order valence-corrected chi connectivity index (χ0v) is 20.6. The highest BCUT2D eigenvalue weighted by Gasteiger charge is 2.26. The summed E-state index contributed by atoms with van der Waals surface area (Å²) < 4.78 is 37.6. The lowest BCUT2D eigenvalue weighted by atomic mass is 9.94. The highest BCUT2D eigenvalue weighted by atomic mass is 32.2. The van der Waals surface area contributed by atoms with Crippen LogP contribution < -0.4 is 15.2 Å². The van der Waals surface area contributed by atoms with Gasteiger partial charge in [-0.1, -0.05) is 0 Å². The van der Waals surface area contributed by atoms with Gasteiger partial charge in [-0.15, -0.1) is 0 Å². The van der Waals surface area contributed by atoms with E-state index in [1.54, 1.807) is 6.20 Å². The molecule has 2 aromatic rings. The average Bonchev–Trinajstić information content (AvgIpc) is 3.24. The monoisotopic (exact) mass is 490 g/mol. The minimum absolute atomic E-state index is 0.186. The first-order chi connectivity index (χ1) is 16.0. The minimum atomic E-state index is -3.67. The zero-order valence-electron chi connectivity index (χ0n) is 19.7. The van der Waals surface area contributed by atoms with Crippen LogP contribution in [-0.4, -0.2) is 74.6 Å². The number of fused-ring (bicyclic) bond motifs is 2. The predicted molar refractivity (Wildman–Crippen MR) is 130 cm³/mol. The van der Waals surface area contributed by atoms with Crippen LogP contribution in [0.4, 0.5) is 5.69 Å². The molecule has 4 rings (SSSR count). The van der Waals surface area contributed by atoms with Gasteiger partial charge < -0.3 is 20.1 Å². The zero-order chi connectivity index (χ0) is 25.0. The standard InChI is InChI=1S/C22H26N4O3.CH4O3S/c1-13(26(2)3)12-29-18-10-17(20-16(6-7-24-20)19(18)21(23)27)15-9-14-5-4-8-28-22(14)25-11-15;1-5(2,3)4/h7,9-11,13H,4-6,8,12H2,1-3H3,(H2,23,27);1H3,(H,2,3,4)/t13-;/m1./s1. The van der Waals surface area contributed by atoms with Gasteiger partial charge in [-0.2, -0.15) is 8.42 Å². The first-order valence-electron chi connectivity index (χ1n) is 10.8. The summed E-state index contributed by atoms with van der Waals surface area (Å²) in [5.74, 6) is 0.701. The number of nitrogens with two attached hydrogens (primary N) is 1. The Morgan fingerprint density at radius 3 is 2.71 bits per heavy atom. The lowest BCUT2D eigenvalue weighted by Crippen LogP contribution is -2.31. The molecular formula is C23H30N4O6S. The molecule has 184 valence electrons. The van der Waals surface area contributed by atoms with Gasteiger partial charge in [0.25, 0.3) is 16.0 Å². The van der Waals surface area contributed by atoms with E-state index in [0.29, 0.717) is 43.1 Å². The van der Waals surface area contributed by atoms with Gasteiger partial charge in [-0.25, -0.2) is 4.98 Å². The first kappa shape index (κ1) is 25.6. The van der Waals surface area contributed by atoms with E-state index >= 15 is 0 Å². The van der Waals surface area contributed by atoms with Crippen LogP contribution >= 0.6 is 0 Å². The molecule has 1 atom stereocenters. The Kier molecular flexibility index (Phi) is 7.90. The van der Waals surface area contributed by atoms with Gasteiger partial charge in [-0.3, -0.25) is 14.3 Å². The Labute approximate surface area is 199 Å². The number of benzene rings is 1. The highest BCUT2D eigenvalue weighted by Crippen LogP contribution is 2.43. The quantitative estimate of drug-likeness (QED) is 0.587. The molecule has 11 heteroatoms. The fourth-order valence-electron chi connectivity index (χ4n) is 3.62. The van der Waals surface area contributed by atoms with Crippen LogP contribution in [0.2, 0.25) is 0 Å². The van der Waals surface area contributed by atoms with Crippen molar-refractivity contribution in [3.8, 4) is 22.8 Å². The van der Waals surface area contributed by atoms with Crippen molar-refractivity contribution in [2.24, 2.45) is 10.7 Å². The number of carbonyl (C=O) groups excluding carboxylic acids is 1. The van der Waals surface area contributed by atoms with Gasteiger partial charge in [0, 0.05) is 47.1 Å². The number of aryl methyl sites for hydroxylation is 1. The van der Waals surface area contributed by atoms with Crippen molar-refractivity contribution < 1.29 is 27.2 Å². The molecule has 0 bridgehead atoms. The third-order valence-electron chi connectivity index (χ3n) is 5.55. The van der Waals surface area contributed by atoms with Gasteiger partial charge in [0.1, 0.15) is 12.4 Å². The van der Waals surface area contributed by atoms with E-state index in [-0.39, 0.29) is 6.04 Å². The van der Waals surface area contributed by atoms with E-state index in [9.17, 15) is 13.2 Å². The van der Waals surface area contributed by atoms with Crippen LogP contribution in [0.5, 0.6) is 11.6 Å². The molecule has 0 aliphatic carbocycles.